The molecule has 134 valence electrons. The van der Waals surface area contributed by atoms with Gasteiger partial charge in [-0.1, -0.05) is 25.4 Å². The van der Waals surface area contributed by atoms with Crippen molar-refractivity contribution in [1.29, 1.82) is 0 Å². The highest BCUT2D eigenvalue weighted by Gasteiger charge is 2.28. The Kier molecular flexibility index (Phi) is 5.04. The van der Waals surface area contributed by atoms with E-state index in [4.69, 9.17) is 16.3 Å². The van der Waals surface area contributed by atoms with Gasteiger partial charge in [0.2, 0.25) is 5.82 Å². The highest BCUT2D eigenvalue weighted by molar-refractivity contribution is 6.29. The molecule has 0 aliphatic carbocycles. The van der Waals surface area contributed by atoms with Gasteiger partial charge < -0.3 is 14.2 Å². The molecule has 0 N–H and O–H groups in total. The van der Waals surface area contributed by atoms with Crippen molar-refractivity contribution in [3.63, 3.8) is 0 Å². The summed E-state index contributed by atoms with van der Waals surface area (Å²) in [5, 5.41) is 0.348. The first kappa shape index (κ1) is 17.8. The summed E-state index contributed by atoms with van der Waals surface area (Å²) in [5.74, 6) is 1.25. The fraction of sp³-hybridized carbons (Fsp3) is 0.474. The molecule has 1 aliphatic heterocycles. The topological polar surface area (TPSA) is 47.4 Å². The monoisotopic (exact) mass is 361 g/mol. The van der Waals surface area contributed by atoms with Crippen molar-refractivity contribution in [1.82, 2.24) is 9.55 Å². The summed E-state index contributed by atoms with van der Waals surface area (Å²) in [7, 11) is 1.67. The Morgan fingerprint density at radius 1 is 1.32 bits per heavy atom. The molecule has 1 aromatic carbocycles. The zero-order valence-corrected chi connectivity index (χ0v) is 15.9. The first-order valence-electron chi connectivity index (χ1n) is 8.73. The number of fused-ring (bicyclic) bond motifs is 1. The second-order valence-corrected chi connectivity index (χ2v) is 6.81. The highest BCUT2D eigenvalue weighted by Crippen LogP contribution is 2.38. The molecule has 0 saturated carbocycles. The number of hydrogen-bond donors (Lipinski definition) is 0. The van der Waals surface area contributed by atoms with E-state index in [1.165, 1.54) is 5.56 Å². The minimum absolute atomic E-state index is 0.0823. The average Bonchev–Trinajstić information content (AvgIpc) is 3.02. The van der Waals surface area contributed by atoms with Crippen molar-refractivity contribution in [2.24, 2.45) is 0 Å². The Balaban J connectivity index is 2.13. The van der Waals surface area contributed by atoms with Gasteiger partial charge in [0.05, 0.1) is 7.11 Å². The molecule has 3 rings (SSSR count). The molecule has 0 bridgehead atoms. The third-order valence-electron chi connectivity index (χ3n) is 4.94. The third kappa shape index (κ3) is 3.13. The number of hydrogen-bond acceptors (Lipinski definition) is 4. The lowest BCUT2D eigenvalue weighted by Crippen LogP contribution is -2.31. The van der Waals surface area contributed by atoms with Gasteiger partial charge in [-0.2, -0.15) is 0 Å². The van der Waals surface area contributed by atoms with E-state index in [9.17, 15) is 4.79 Å². The van der Waals surface area contributed by atoms with Gasteiger partial charge >= 0.3 is 0 Å². The van der Waals surface area contributed by atoms with Crippen molar-refractivity contribution < 1.29 is 4.74 Å². The smallest absolute Gasteiger partial charge is 0.294 e. The third-order valence-corrected chi connectivity index (χ3v) is 5.12. The van der Waals surface area contributed by atoms with Crippen LogP contribution in [0.1, 0.15) is 43.9 Å². The van der Waals surface area contributed by atoms with Crippen LogP contribution in [-0.4, -0.2) is 23.2 Å². The van der Waals surface area contributed by atoms with Crippen molar-refractivity contribution in [3.8, 4) is 5.75 Å². The largest absolute Gasteiger partial charge is 0.497 e. The maximum Gasteiger partial charge on any atom is 0.294 e. The number of nitrogens with zero attached hydrogens (tertiary/aromatic N) is 3. The van der Waals surface area contributed by atoms with E-state index in [1.807, 2.05) is 24.0 Å². The van der Waals surface area contributed by atoms with E-state index >= 15 is 0 Å². The van der Waals surface area contributed by atoms with Crippen LogP contribution >= 0.6 is 11.6 Å². The van der Waals surface area contributed by atoms with Gasteiger partial charge in [-0.3, -0.25) is 4.79 Å². The fourth-order valence-corrected chi connectivity index (χ4v) is 3.85. The SMILES string of the molecule is CCC(CC)n1cc(Cl)nc(N2CCc3cc(OC)cc(C)c32)c1=O. The van der Waals surface area contributed by atoms with Crippen molar-refractivity contribution in [2.75, 3.05) is 18.6 Å². The number of aromatic nitrogens is 2. The molecular formula is C19H24ClN3O2. The predicted octanol–water partition coefficient (Wildman–Crippen LogP) is 4.27. The second kappa shape index (κ2) is 7.08. The molecular weight excluding hydrogens is 338 g/mol. The van der Waals surface area contributed by atoms with Gasteiger partial charge in [0, 0.05) is 24.5 Å². The normalized spacial score (nSPS) is 13.4. The molecule has 1 aromatic heterocycles. The van der Waals surface area contributed by atoms with Gasteiger partial charge in [-0.05, 0) is 49.4 Å². The number of anilines is 2. The molecule has 25 heavy (non-hydrogen) atoms. The van der Waals surface area contributed by atoms with Crippen LogP contribution in [-0.2, 0) is 6.42 Å². The number of aryl methyl sites for hydroxylation is 1. The Morgan fingerprint density at radius 3 is 2.68 bits per heavy atom. The lowest BCUT2D eigenvalue weighted by molar-refractivity contribution is 0.414. The number of methoxy groups -OCH3 is 1. The molecule has 2 aromatic rings. The first-order valence-corrected chi connectivity index (χ1v) is 9.11. The fourth-order valence-electron chi connectivity index (χ4n) is 3.66. The molecule has 0 amide bonds. The average molecular weight is 362 g/mol. The van der Waals surface area contributed by atoms with E-state index in [0.717, 1.165) is 42.8 Å². The van der Waals surface area contributed by atoms with Crippen LogP contribution in [0.25, 0.3) is 0 Å². The van der Waals surface area contributed by atoms with Gasteiger partial charge in [0.25, 0.3) is 5.56 Å². The Bertz CT molecular complexity index is 843. The zero-order chi connectivity index (χ0) is 18.1. The Morgan fingerprint density at radius 2 is 2.04 bits per heavy atom. The van der Waals surface area contributed by atoms with Crippen molar-refractivity contribution >= 4 is 23.1 Å². The lowest BCUT2D eigenvalue weighted by Gasteiger charge is -2.23. The molecule has 2 heterocycles. The summed E-state index contributed by atoms with van der Waals surface area (Å²) in [6.45, 7) is 6.91. The van der Waals surface area contributed by atoms with Crippen LogP contribution in [0, 0.1) is 6.92 Å². The lowest BCUT2D eigenvalue weighted by atomic mass is 10.1. The van der Waals surface area contributed by atoms with Crippen LogP contribution < -0.4 is 15.2 Å². The predicted molar refractivity (Wildman–Crippen MR) is 102 cm³/mol. The molecule has 0 unspecified atom stereocenters. The molecule has 0 fully saturated rings. The summed E-state index contributed by atoms with van der Waals surface area (Å²) in [5.41, 5.74) is 3.21. The van der Waals surface area contributed by atoms with Gasteiger partial charge in [-0.25, -0.2) is 4.98 Å². The van der Waals surface area contributed by atoms with Crippen LogP contribution in [0.15, 0.2) is 23.1 Å². The van der Waals surface area contributed by atoms with Crippen LogP contribution in [0.3, 0.4) is 0 Å². The molecule has 0 spiro atoms. The van der Waals surface area contributed by atoms with E-state index in [2.05, 4.69) is 18.8 Å². The number of halogens is 1. The van der Waals surface area contributed by atoms with Crippen LogP contribution in [0.5, 0.6) is 5.75 Å². The van der Waals surface area contributed by atoms with E-state index < -0.39 is 0 Å². The Hall–Kier alpha value is -2.01. The second-order valence-electron chi connectivity index (χ2n) is 6.42. The summed E-state index contributed by atoms with van der Waals surface area (Å²) in [6, 6.07) is 4.15. The van der Waals surface area contributed by atoms with Gasteiger partial charge in [0.1, 0.15) is 10.9 Å². The summed E-state index contributed by atoms with van der Waals surface area (Å²) < 4.78 is 7.10. The van der Waals surface area contributed by atoms with Gasteiger partial charge in [-0.15, -0.1) is 0 Å². The maximum absolute atomic E-state index is 13.1. The summed E-state index contributed by atoms with van der Waals surface area (Å²) >= 11 is 6.26. The standard InChI is InChI=1S/C19H24ClN3O2/c1-5-14(6-2)23-11-16(20)21-18(19(23)24)22-8-7-13-10-15(25-4)9-12(3)17(13)22/h9-11,14H,5-8H2,1-4H3. The maximum atomic E-state index is 13.1. The summed E-state index contributed by atoms with van der Waals surface area (Å²) in [6.07, 6.45) is 4.26. The first-order chi connectivity index (χ1) is 12.0. The molecule has 0 radical (unpaired) electrons. The molecule has 6 heteroatoms. The Labute approximate surface area is 153 Å². The zero-order valence-electron chi connectivity index (χ0n) is 15.2. The number of ether oxygens (including phenoxy) is 1. The molecule has 0 saturated heterocycles. The molecule has 0 atom stereocenters. The molecule has 1 aliphatic rings. The van der Waals surface area contributed by atoms with E-state index in [0.29, 0.717) is 11.0 Å². The van der Waals surface area contributed by atoms with Crippen LogP contribution in [0.4, 0.5) is 11.5 Å². The van der Waals surface area contributed by atoms with Gasteiger partial charge in [0.15, 0.2) is 0 Å². The van der Waals surface area contributed by atoms with E-state index in [-0.39, 0.29) is 11.6 Å². The minimum Gasteiger partial charge on any atom is -0.497 e. The van der Waals surface area contributed by atoms with Crippen LogP contribution in [0.2, 0.25) is 5.15 Å². The minimum atomic E-state index is -0.0823. The summed E-state index contributed by atoms with van der Waals surface area (Å²) in [4.78, 5) is 19.5. The highest BCUT2D eigenvalue weighted by atomic mass is 35.5. The quantitative estimate of drug-likeness (QED) is 0.797. The number of rotatable bonds is 5. The van der Waals surface area contributed by atoms with E-state index in [1.54, 1.807) is 17.9 Å². The number of benzene rings is 1. The molecule has 5 nitrogen and oxygen atoms in total. The van der Waals surface area contributed by atoms with Crippen molar-refractivity contribution in [3.05, 3.63) is 45.0 Å². The van der Waals surface area contributed by atoms with Crippen molar-refractivity contribution in [2.45, 2.75) is 46.1 Å².